The van der Waals surface area contributed by atoms with Gasteiger partial charge in [0.05, 0.1) is 18.8 Å². The van der Waals surface area contributed by atoms with Crippen LogP contribution in [0.4, 0.5) is 0 Å². The summed E-state index contributed by atoms with van der Waals surface area (Å²) in [5, 5.41) is 3.22. The average Bonchev–Trinajstić information content (AvgIpc) is 2.53. The zero-order chi connectivity index (χ0) is 14.8. The predicted octanol–water partition coefficient (Wildman–Crippen LogP) is 1.89. The van der Waals surface area contributed by atoms with E-state index in [1.54, 1.807) is 0 Å². The van der Waals surface area contributed by atoms with Crippen molar-refractivity contribution in [3.63, 3.8) is 0 Å². The molecule has 19 heavy (non-hydrogen) atoms. The molecule has 1 aliphatic heterocycles. The smallest absolute Gasteiger partial charge is 0.200 e. The van der Waals surface area contributed by atoms with Crippen molar-refractivity contribution in [2.75, 3.05) is 6.61 Å². The molecule has 0 bridgehead atoms. The van der Waals surface area contributed by atoms with E-state index in [4.69, 9.17) is 9.47 Å². The molecule has 0 amide bonds. The highest BCUT2D eigenvalue weighted by atomic mass is 32.7. The van der Waals surface area contributed by atoms with E-state index in [1.165, 1.54) is 0 Å². The zero-order valence-corrected chi connectivity index (χ0v) is 14.6. The monoisotopic (exact) mass is 307 g/mol. The van der Waals surface area contributed by atoms with Crippen LogP contribution in [0.2, 0.25) is 0 Å². The lowest BCUT2D eigenvalue weighted by atomic mass is 9.85. The number of nitrogens with one attached hydrogen (secondary N) is 1. The average molecular weight is 307 g/mol. The van der Waals surface area contributed by atoms with Gasteiger partial charge in [0.15, 0.2) is 0 Å². The number of rotatable bonds is 6. The van der Waals surface area contributed by atoms with Gasteiger partial charge in [0, 0.05) is 17.7 Å². The second-order valence-electron chi connectivity index (χ2n) is 5.99. The van der Waals surface area contributed by atoms with E-state index in [-0.39, 0.29) is 29.9 Å². The maximum Gasteiger partial charge on any atom is 0.200 e. The summed E-state index contributed by atoms with van der Waals surface area (Å²) in [7, 11) is 2.05. The Labute approximate surface area is 123 Å². The molecule has 0 aromatic rings. The maximum absolute atomic E-state index is 12.5. The van der Waals surface area contributed by atoms with Crippen LogP contribution in [0, 0.1) is 5.92 Å². The second kappa shape index (κ2) is 6.99. The molecule has 2 unspecified atom stereocenters. The van der Waals surface area contributed by atoms with E-state index >= 15 is 0 Å². The third-order valence-electron chi connectivity index (χ3n) is 3.72. The third kappa shape index (κ3) is 4.78. The van der Waals surface area contributed by atoms with Gasteiger partial charge in [-0.1, -0.05) is 33.0 Å². The normalized spacial score (nSPS) is 34.9. The molecule has 1 fully saturated rings. The van der Waals surface area contributed by atoms with Gasteiger partial charge in [0.2, 0.25) is 6.49 Å². The minimum atomic E-state index is -2.65. The maximum atomic E-state index is 12.5. The highest BCUT2D eigenvalue weighted by Gasteiger charge is 2.42. The summed E-state index contributed by atoms with van der Waals surface area (Å²) in [5.41, 5.74) is 0.00519. The van der Waals surface area contributed by atoms with Crippen LogP contribution in [0.5, 0.6) is 0 Å². The van der Waals surface area contributed by atoms with Crippen LogP contribution in [-0.2, 0) is 14.0 Å². The highest BCUT2D eigenvalue weighted by molar-refractivity contribution is 8.47. The molecule has 1 N–H and O–H groups in total. The third-order valence-corrected chi connectivity index (χ3v) is 7.52. The fourth-order valence-electron chi connectivity index (χ4n) is 2.11. The van der Waals surface area contributed by atoms with Gasteiger partial charge in [-0.3, -0.25) is 9.65 Å². The molecule has 0 aromatic carbocycles. The van der Waals surface area contributed by atoms with Crippen LogP contribution in [-0.4, -0.2) is 44.4 Å². The van der Waals surface area contributed by atoms with Crippen LogP contribution in [0.3, 0.4) is 0 Å². The SMILES string of the molecule is B[C@@H]1O[C@H](COC(C)C)C(NP(=O)(S)C(C)C)[C@@H]1C. The van der Waals surface area contributed by atoms with E-state index in [9.17, 15) is 4.57 Å². The van der Waals surface area contributed by atoms with Crippen molar-refractivity contribution in [3.8, 4) is 0 Å². The van der Waals surface area contributed by atoms with Gasteiger partial charge in [-0.15, -0.1) is 0 Å². The Balaban J connectivity index is 2.72. The largest absolute Gasteiger partial charge is 0.380 e. The molecule has 1 rings (SSSR count). The first kappa shape index (κ1) is 17.6. The van der Waals surface area contributed by atoms with Gasteiger partial charge in [-0.05, 0) is 19.8 Å². The van der Waals surface area contributed by atoms with Crippen molar-refractivity contribution in [3.05, 3.63) is 0 Å². The quantitative estimate of drug-likeness (QED) is 0.447. The molecule has 0 aromatic heterocycles. The molecular formula is C12H27BNO3PS. The van der Waals surface area contributed by atoms with Crippen molar-refractivity contribution < 1.29 is 14.0 Å². The summed E-state index contributed by atoms with van der Waals surface area (Å²) in [6, 6.07) is 0.165. The first-order valence-electron chi connectivity index (χ1n) is 7.02. The summed E-state index contributed by atoms with van der Waals surface area (Å²) >= 11 is 4.32. The molecule has 1 aliphatic rings. The molecule has 1 saturated heterocycles. The Bertz CT molecular complexity index is 343. The van der Waals surface area contributed by atoms with Crippen molar-refractivity contribution in [1.29, 1.82) is 0 Å². The first-order chi connectivity index (χ1) is 8.65. The molecule has 0 saturated carbocycles. The van der Waals surface area contributed by atoms with E-state index in [1.807, 2.05) is 35.5 Å². The summed E-state index contributed by atoms with van der Waals surface area (Å²) in [5.74, 6) is 0.292. The Hall–Kier alpha value is 0.525. The summed E-state index contributed by atoms with van der Waals surface area (Å²) < 4.78 is 24.0. The number of hydrogen-bond acceptors (Lipinski definition) is 3. The van der Waals surface area contributed by atoms with E-state index in [0.29, 0.717) is 12.5 Å². The lowest BCUT2D eigenvalue weighted by Gasteiger charge is -2.28. The number of ether oxygens (including phenoxy) is 2. The van der Waals surface area contributed by atoms with Crippen molar-refractivity contribution in [2.45, 2.75) is 64.5 Å². The first-order valence-corrected chi connectivity index (χ1v) is 9.95. The molecule has 0 spiro atoms. The second-order valence-corrected chi connectivity index (χ2v) is 10.3. The topological polar surface area (TPSA) is 47.6 Å². The standard InChI is InChI=1S/C12H27BNO3PS/c1-7(2)16-6-10-11(9(5)12(13)17-10)14-18(15,19)8(3)4/h7-12H,6,13H2,1-5H3,(H2,14,15,19)/t9-,10+,11?,12+,18?/m0/s1. The van der Waals surface area contributed by atoms with Gasteiger partial charge in [0.1, 0.15) is 7.85 Å². The summed E-state index contributed by atoms with van der Waals surface area (Å²) in [6.45, 7) is 7.83. The Morgan fingerprint density at radius 2 is 2.00 bits per heavy atom. The van der Waals surface area contributed by atoms with Crippen LogP contribution in [0.25, 0.3) is 0 Å². The molecule has 7 heteroatoms. The van der Waals surface area contributed by atoms with E-state index < -0.39 is 6.49 Å². The minimum Gasteiger partial charge on any atom is -0.380 e. The Kier molecular flexibility index (Phi) is 6.47. The van der Waals surface area contributed by atoms with Gasteiger partial charge in [-0.2, -0.15) is 0 Å². The fourth-order valence-corrected chi connectivity index (χ4v) is 3.64. The Morgan fingerprint density at radius 1 is 1.42 bits per heavy atom. The van der Waals surface area contributed by atoms with Crippen molar-refractivity contribution in [2.24, 2.45) is 5.92 Å². The molecule has 0 aliphatic carbocycles. The van der Waals surface area contributed by atoms with Crippen LogP contribution >= 0.6 is 18.7 Å². The summed E-state index contributed by atoms with van der Waals surface area (Å²) in [6.07, 6.45) is 0.106. The Morgan fingerprint density at radius 3 is 2.47 bits per heavy atom. The van der Waals surface area contributed by atoms with Gasteiger partial charge in [0.25, 0.3) is 0 Å². The minimum absolute atomic E-state index is 0.00519. The van der Waals surface area contributed by atoms with Crippen molar-refractivity contribution in [1.82, 2.24) is 5.09 Å². The molecule has 5 atom stereocenters. The molecular weight excluding hydrogens is 280 g/mol. The van der Waals surface area contributed by atoms with Crippen molar-refractivity contribution >= 4 is 26.6 Å². The van der Waals surface area contributed by atoms with Gasteiger partial charge < -0.3 is 9.47 Å². The van der Waals surface area contributed by atoms with Gasteiger partial charge >= 0.3 is 0 Å². The molecule has 0 radical (unpaired) electrons. The van der Waals surface area contributed by atoms with Crippen LogP contribution in [0.1, 0.15) is 34.6 Å². The predicted molar refractivity (Wildman–Crippen MR) is 86.1 cm³/mol. The number of hydrogen-bond donors (Lipinski definition) is 2. The van der Waals surface area contributed by atoms with E-state index in [0.717, 1.165) is 0 Å². The van der Waals surface area contributed by atoms with E-state index in [2.05, 4.69) is 24.3 Å². The van der Waals surface area contributed by atoms with Gasteiger partial charge in [-0.25, -0.2) is 0 Å². The fraction of sp³-hybridized carbons (Fsp3) is 1.00. The molecule has 4 nitrogen and oxygen atoms in total. The zero-order valence-electron chi connectivity index (χ0n) is 12.8. The van der Waals surface area contributed by atoms with Crippen LogP contribution < -0.4 is 5.09 Å². The summed E-state index contributed by atoms with van der Waals surface area (Å²) in [4.78, 5) is 0. The highest BCUT2D eigenvalue weighted by Crippen LogP contribution is 2.52. The number of thiol groups is 1. The lowest BCUT2D eigenvalue weighted by molar-refractivity contribution is -0.0210. The van der Waals surface area contributed by atoms with Crippen LogP contribution in [0.15, 0.2) is 0 Å². The molecule has 1 heterocycles. The molecule has 112 valence electrons. The lowest BCUT2D eigenvalue weighted by Crippen LogP contribution is -2.41.